The molecule has 7 heteroatoms. The van der Waals surface area contributed by atoms with E-state index in [4.69, 9.17) is 16.3 Å². The molecule has 0 bridgehead atoms. The fraction of sp³-hybridized carbons (Fsp3) is 0.167. The molecule has 0 amide bonds. The SMILES string of the molecule is COC(=O)C(C)Sc1nnc(-c2ccccc2)n1-c1ccc(Cl)cc1. The second kappa shape index (κ2) is 7.72. The van der Waals surface area contributed by atoms with Gasteiger partial charge in [0.25, 0.3) is 0 Å². The number of nitrogens with zero attached hydrogens (tertiary/aromatic N) is 3. The highest BCUT2D eigenvalue weighted by Gasteiger charge is 2.22. The van der Waals surface area contributed by atoms with Crippen molar-refractivity contribution in [1.82, 2.24) is 14.8 Å². The highest BCUT2D eigenvalue weighted by atomic mass is 35.5. The van der Waals surface area contributed by atoms with E-state index in [0.29, 0.717) is 16.0 Å². The topological polar surface area (TPSA) is 57.0 Å². The summed E-state index contributed by atoms with van der Waals surface area (Å²) < 4.78 is 6.71. The van der Waals surface area contributed by atoms with E-state index in [2.05, 4.69) is 10.2 Å². The molecule has 0 N–H and O–H groups in total. The maximum atomic E-state index is 11.8. The Morgan fingerprint density at radius 1 is 1.12 bits per heavy atom. The fourth-order valence-corrected chi connectivity index (χ4v) is 3.34. The van der Waals surface area contributed by atoms with Crippen LogP contribution in [0.4, 0.5) is 0 Å². The Morgan fingerprint density at radius 3 is 2.44 bits per heavy atom. The molecule has 1 unspecified atom stereocenters. The highest BCUT2D eigenvalue weighted by molar-refractivity contribution is 8.00. The highest BCUT2D eigenvalue weighted by Crippen LogP contribution is 2.30. The maximum Gasteiger partial charge on any atom is 0.318 e. The number of rotatable bonds is 5. The summed E-state index contributed by atoms with van der Waals surface area (Å²) >= 11 is 7.31. The van der Waals surface area contributed by atoms with Crippen LogP contribution in [0.5, 0.6) is 0 Å². The van der Waals surface area contributed by atoms with E-state index in [0.717, 1.165) is 11.3 Å². The van der Waals surface area contributed by atoms with E-state index in [9.17, 15) is 4.79 Å². The van der Waals surface area contributed by atoms with Crippen LogP contribution in [0.2, 0.25) is 5.02 Å². The Kier molecular flexibility index (Phi) is 5.40. The molecule has 2 aromatic carbocycles. The zero-order valence-corrected chi connectivity index (χ0v) is 15.3. The summed E-state index contributed by atoms with van der Waals surface area (Å²) in [4.78, 5) is 11.8. The van der Waals surface area contributed by atoms with Gasteiger partial charge in [0, 0.05) is 16.3 Å². The minimum Gasteiger partial charge on any atom is -0.468 e. The van der Waals surface area contributed by atoms with Crippen molar-refractivity contribution in [2.24, 2.45) is 0 Å². The number of esters is 1. The number of hydrogen-bond acceptors (Lipinski definition) is 5. The lowest BCUT2D eigenvalue weighted by Crippen LogP contribution is -2.15. The van der Waals surface area contributed by atoms with Gasteiger partial charge in [0.15, 0.2) is 11.0 Å². The van der Waals surface area contributed by atoms with Gasteiger partial charge in [-0.2, -0.15) is 0 Å². The molecule has 0 radical (unpaired) electrons. The van der Waals surface area contributed by atoms with Crippen LogP contribution in [-0.4, -0.2) is 33.1 Å². The normalized spacial score (nSPS) is 12.0. The van der Waals surface area contributed by atoms with E-state index < -0.39 is 5.25 Å². The predicted octanol–water partition coefficient (Wildman–Crippen LogP) is 4.24. The van der Waals surface area contributed by atoms with E-state index in [1.807, 2.05) is 59.2 Å². The lowest BCUT2D eigenvalue weighted by atomic mass is 10.2. The van der Waals surface area contributed by atoms with Crippen molar-refractivity contribution in [2.45, 2.75) is 17.3 Å². The first-order valence-corrected chi connectivity index (χ1v) is 8.87. The maximum absolute atomic E-state index is 11.8. The van der Waals surface area contributed by atoms with E-state index in [-0.39, 0.29) is 5.97 Å². The quantitative estimate of drug-likeness (QED) is 0.494. The largest absolute Gasteiger partial charge is 0.468 e. The fourth-order valence-electron chi connectivity index (χ4n) is 2.32. The van der Waals surface area contributed by atoms with Gasteiger partial charge in [-0.25, -0.2) is 0 Å². The summed E-state index contributed by atoms with van der Waals surface area (Å²) in [5.74, 6) is 0.388. The molecule has 3 rings (SSSR count). The summed E-state index contributed by atoms with van der Waals surface area (Å²) in [5.41, 5.74) is 1.80. The summed E-state index contributed by atoms with van der Waals surface area (Å²) in [6, 6.07) is 17.2. The number of benzene rings is 2. The Bertz CT molecular complexity index is 866. The molecule has 0 saturated carbocycles. The zero-order chi connectivity index (χ0) is 17.8. The van der Waals surface area contributed by atoms with Crippen molar-refractivity contribution in [1.29, 1.82) is 0 Å². The molecule has 0 fully saturated rings. The van der Waals surface area contributed by atoms with E-state index >= 15 is 0 Å². The van der Waals surface area contributed by atoms with Crippen LogP contribution in [0, 0.1) is 0 Å². The standard InChI is InChI=1S/C18H16ClN3O2S/c1-12(17(23)24-2)25-18-21-20-16(13-6-4-3-5-7-13)22(18)15-10-8-14(19)9-11-15/h3-12H,1-2H3. The minimum atomic E-state index is -0.399. The third-order valence-electron chi connectivity index (χ3n) is 3.57. The van der Waals surface area contributed by atoms with Crippen LogP contribution in [0.25, 0.3) is 17.1 Å². The number of carbonyl (C=O) groups excluding carboxylic acids is 1. The molecule has 0 spiro atoms. The van der Waals surface area contributed by atoms with Gasteiger partial charge in [0.2, 0.25) is 0 Å². The van der Waals surface area contributed by atoms with Crippen molar-refractivity contribution < 1.29 is 9.53 Å². The number of halogens is 1. The molecule has 128 valence electrons. The van der Waals surface area contributed by atoms with Crippen LogP contribution in [0.1, 0.15) is 6.92 Å². The van der Waals surface area contributed by atoms with Gasteiger partial charge in [-0.15, -0.1) is 10.2 Å². The molecular formula is C18H16ClN3O2S. The third-order valence-corrected chi connectivity index (χ3v) is 4.84. The van der Waals surface area contributed by atoms with Gasteiger partial charge in [0.1, 0.15) is 5.25 Å². The first kappa shape index (κ1) is 17.5. The van der Waals surface area contributed by atoms with Gasteiger partial charge in [-0.1, -0.05) is 53.7 Å². The number of methoxy groups -OCH3 is 1. The van der Waals surface area contributed by atoms with Crippen LogP contribution < -0.4 is 0 Å². The molecule has 1 aromatic heterocycles. The molecule has 3 aromatic rings. The van der Waals surface area contributed by atoms with Crippen molar-refractivity contribution in [3.05, 3.63) is 59.6 Å². The van der Waals surface area contributed by atoms with E-state index in [1.54, 1.807) is 6.92 Å². The van der Waals surface area contributed by atoms with E-state index in [1.165, 1.54) is 18.9 Å². The van der Waals surface area contributed by atoms with Crippen LogP contribution in [0.15, 0.2) is 59.8 Å². The zero-order valence-electron chi connectivity index (χ0n) is 13.7. The monoisotopic (exact) mass is 373 g/mol. The Balaban J connectivity index is 2.08. The third kappa shape index (κ3) is 3.86. The number of carbonyl (C=O) groups is 1. The van der Waals surface area contributed by atoms with Crippen LogP contribution in [0.3, 0.4) is 0 Å². The van der Waals surface area contributed by atoms with Crippen LogP contribution >= 0.6 is 23.4 Å². The van der Waals surface area contributed by atoms with Crippen molar-refractivity contribution in [3.8, 4) is 17.1 Å². The average molecular weight is 374 g/mol. The summed E-state index contributed by atoms with van der Waals surface area (Å²) in [5, 5.41) is 9.47. The Morgan fingerprint density at radius 2 is 1.80 bits per heavy atom. The first-order chi connectivity index (χ1) is 12.1. The first-order valence-electron chi connectivity index (χ1n) is 7.61. The lowest BCUT2D eigenvalue weighted by Gasteiger charge is -2.12. The molecule has 0 aliphatic heterocycles. The van der Waals surface area contributed by atoms with Gasteiger partial charge >= 0.3 is 5.97 Å². The van der Waals surface area contributed by atoms with Gasteiger partial charge in [-0.05, 0) is 31.2 Å². The molecule has 1 heterocycles. The molecule has 25 heavy (non-hydrogen) atoms. The van der Waals surface area contributed by atoms with Crippen molar-refractivity contribution >= 4 is 29.3 Å². The van der Waals surface area contributed by atoms with Crippen molar-refractivity contribution in [3.63, 3.8) is 0 Å². The second-order valence-electron chi connectivity index (χ2n) is 5.27. The smallest absolute Gasteiger partial charge is 0.318 e. The van der Waals surface area contributed by atoms with Gasteiger partial charge < -0.3 is 4.74 Å². The summed E-state index contributed by atoms with van der Waals surface area (Å²) in [6.45, 7) is 1.78. The molecule has 0 aliphatic rings. The number of ether oxygens (including phenoxy) is 1. The second-order valence-corrected chi connectivity index (χ2v) is 7.01. The number of thioether (sulfide) groups is 1. The Labute approximate surface area is 155 Å². The molecule has 1 atom stereocenters. The molecule has 0 saturated heterocycles. The van der Waals surface area contributed by atoms with Gasteiger partial charge in [0.05, 0.1) is 7.11 Å². The number of aromatic nitrogens is 3. The van der Waals surface area contributed by atoms with Gasteiger partial charge in [-0.3, -0.25) is 9.36 Å². The lowest BCUT2D eigenvalue weighted by molar-refractivity contribution is -0.139. The molecule has 0 aliphatic carbocycles. The minimum absolute atomic E-state index is 0.308. The Hall–Kier alpha value is -2.31. The predicted molar refractivity (Wildman–Crippen MR) is 99.1 cm³/mol. The average Bonchev–Trinajstić information content (AvgIpc) is 3.06. The number of hydrogen-bond donors (Lipinski definition) is 0. The van der Waals surface area contributed by atoms with Crippen LogP contribution in [-0.2, 0) is 9.53 Å². The van der Waals surface area contributed by atoms with Crippen molar-refractivity contribution in [2.75, 3.05) is 7.11 Å². The summed E-state index contributed by atoms with van der Waals surface area (Å²) in [6.07, 6.45) is 0. The molecule has 5 nitrogen and oxygen atoms in total. The summed E-state index contributed by atoms with van der Waals surface area (Å²) in [7, 11) is 1.37. The molecular weight excluding hydrogens is 358 g/mol.